The zero-order valence-corrected chi connectivity index (χ0v) is 9.99. The molecule has 0 saturated carbocycles. The molecule has 0 heterocycles. The standard InChI is InChI=1S/C12H14Cl2/c1-3-5-9(4-2)11-7-6-10(13)8-12(11)14/h5-8H,3-4H2,1-2H3. The molecule has 1 rings (SSSR count). The molecule has 0 unspecified atom stereocenters. The molecule has 0 aliphatic carbocycles. The van der Waals surface area contributed by atoms with Crippen LogP contribution in [0, 0.1) is 0 Å². The highest BCUT2D eigenvalue weighted by molar-refractivity contribution is 6.35. The lowest BCUT2D eigenvalue weighted by atomic mass is 10.0. The molecule has 0 atom stereocenters. The van der Waals surface area contributed by atoms with Gasteiger partial charge in [-0.3, -0.25) is 0 Å². The first-order valence-corrected chi connectivity index (χ1v) is 5.59. The van der Waals surface area contributed by atoms with E-state index in [1.54, 1.807) is 6.07 Å². The number of benzene rings is 1. The average molecular weight is 229 g/mol. The zero-order valence-electron chi connectivity index (χ0n) is 8.48. The van der Waals surface area contributed by atoms with Crippen LogP contribution in [-0.4, -0.2) is 0 Å². The number of rotatable bonds is 3. The highest BCUT2D eigenvalue weighted by atomic mass is 35.5. The van der Waals surface area contributed by atoms with E-state index in [9.17, 15) is 0 Å². The molecule has 0 fully saturated rings. The molecule has 0 spiro atoms. The second-order valence-electron chi connectivity index (χ2n) is 3.12. The maximum atomic E-state index is 6.11. The Labute approximate surface area is 95.5 Å². The van der Waals surface area contributed by atoms with E-state index < -0.39 is 0 Å². The maximum absolute atomic E-state index is 6.11. The summed E-state index contributed by atoms with van der Waals surface area (Å²) in [6.45, 7) is 4.26. The number of hydrogen-bond donors (Lipinski definition) is 0. The van der Waals surface area contributed by atoms with Crippen molar-refractivity contribution >= 4 is 28.8 Å². The van der Waals surface area contributed by atoms with Crippen molar-refractivity contribution in [2.75, 3.05) is 0 Å². The second-order valence-corrected chi connectivity index (χ2v) is 3.96. The quantitative estimate of drug-likeness (QED) is 0.668. The Bertz CT molecular complexity index is 340. The van der Waals surface area contributed by atoms with Crippen LogP contribution in [0.25, 0.3) is 5.57 Å². The van der Waals surface area contributed by atoms with Crippen LogP contribution < -0.4 is 0 Å². The molecule has 0 radical (unpaired) electrons. The predicted molar refractivity (Wildman–Crippen MR) is 65.0 cm³/mol. The van der Waals surface area contributed by atoms with E-state index in [0.717, 1.165) is 23.4 Å². The lowest BCUT2D eigenvalue weighted by molar-refractivity contribution is 1.17. The fraction of sp³-hybridized carbons (Fsp3) is 0.333. The normalized spacial score (nSPS) is 11.9. The van der Waals surface area contributed by atoms with E-state index in [0.29, 0.717) is 5.02 Å². The topological polar surface area (TPSA) is 0 Å². The fourth-order valence-corrected chi connectivity index (χ4v) is 1.97. The van der Waals surface area contributed by atoms with E-state index >= 15 is 0 Å². The van der Waals surface area contributed by atoms with E-state index in [2.05, 4.69) is 19.9 Å². The lowest BCUT2D eigenvalue weighted by Gasteiger charge is -2.07. The van der Waals surface area contributed by atoms with Crippen LogP contribution in [0.5, 0.6) is 0 Å². The van der Waals surface area contributed by atoms with Crippen LogP contribution in [0.15, 0.2) is 24.3 Å². The van der Waals surface area contributed by atoms with Gasteiger partial charge in [0.15, 0.2) is 0 Å². The molecular weight excluding hydrogens is 215 g/mol. The summed E-state index contributed by atoms with van der Waals surface area (Å²) in [5.41, 5.74) is 2.38. The summed E-state index contributed by atoms with van der Waals surface area (Å²) >= 11 is 12.0. The van der Waals surface area contributed by atoms with E-state index in [4.69, 9.17) is 23.2 Å². The van der Waals surface area contributed by atoms with Crippen LogP contribution in [0.2, 0.25) is 10.0 Å². The molecule has 0 saturated heterocycles. The summed E-state index contributed by atoms with van der Waals surface area (Å²) < 4.78 is 0. The van der Waals surface area contributed by atoms with Crippen molar-refractivity contribution in [2.24, 2.45) is 0 Å². The van der Waals surface area contributed by atoms with Crippen LogP contribution in [-0.2, 0) is 0 Å². The van der Waals surface area contributed by atoms with Crippen molar-refractivity contribution in [2.45, 2.75) is 26.7 Å². The first-order valence-electron chi connectivity index (χ1n) is 4.83. The molecule has 0 aliphatic heterocycles. The van der Waals surface area contributed by atoms with Crippen molar-refractivity contribution in [3.8, 4) is 0 Å². The minimum absolute atomic E-state index is 0.686. The van der Waals surface area contributed by atoms with Gasteiger partial charge in [-0.2, -0.15) is 0 Å². The first kappa shape index (κ1) is 11.6. The third kappa shape index (κ3) is 2.76. The van der Waals surface area contributed by atoms with Gasteiger partial charge in [-0.1, -0.05) is 49.2 Å². The Hall–Kier alpha value is -0.460. The molecule has 1 aromatic rings. The van der Waals surface area contributed by atoms with Gasteiger partial charge < -0.3 is 0 Å². The molecule has 1 aromatic carbocycles. The molecule has 0 amide bonds. The molecule has 14 heavy (non-hydrogen) atoms. The molecule has 0 bridgehead atoms. The Kier molecular flexibility index (Phi) is 4.50. The molecule has 0 nitrogen and oxygen atoms in total. The van der Waals surface area contributed by atoms with Crippen LogP contribution in [0.1, 0.15) is 32.3 Å². The average Bonchev–Trinajstić information content (AvgIpc) is 2.15. The Morgan fingerprint density at radius 1 is 1.29 bits per heavy atom. The molecule has 0 N–H and O–H groups in total. The summed E-state index contributed by atoms with van der Waals surface area (Å²) in [6, 6.07) is 5.65. The minimum Gasteiger partial charge on any atom is -0.0843 e. The largest absolute Gasteiger partial charge is 0.0843 e. The van der Waals surface area contributed by atoms with E-state index in [-0.39, 0.29) is 0 Å². The fourth-order valence-electron chi connectivity index (χ4n) is 1.44. The maximum Gasteiger partial charge on any atom is 0.0495 e. The molecular formula is C12H14Cl2. The predicted octanol–water partition coefficient (Wildman–Crippen LogP) is 5.20. The number of allylic oxidation sites excluding steroid dienone is 2. The number of hydrogen-bond acceptors (Lipinski definition) is 0. The van der Waals surface area contributed by atoms with Crippen molar-refractivity contribution in [3.63, 3.8) is 0 Å². The van der Waals surface area contributed by atoms with Gasteiger partial charge in [-0.05, 0) is 36.1 Å². The summed E-state index contributed by atoms with van der Waals surface area (Å²) in [6.07, 6.45) is 4.23. The van der Waals surface area contributed by atoms with Crippen LogP contribution in [0.4, 0.5) is 0 Å². The van der Waals surface area contributed by atoms with Gasteiger partial charge in [0, 0.05) is 10.0 Å². The first-order chi connectivity index (χ1) is 6.69. The molecule has 76 valence electrons. The van der Waals surface area contributed by atoms with Gasteiger partial charge in [-0.15, -0.1) is 0 Å². The monoisotopic (exact) mass is 228 g/mol. The molecule has 0 aliphatic rings. The smallest absolute Gasteiger partial charge is 0.0495 e. The Morgan fingerprint density at radius 3 is 2.50 bits per heavy atom. The second kappa shape index (κ2) is 5.43. The minimum atomic E-state index is 0.686. The third-order valence-corrected chi connectivity index (χ3v) is 2.66. The van der Waals surface area contributed by atoms with Crippen molar-refractivity contribution in [1.82, 2.24) is 0 Å². The van der Waals surface area contributed by atoms with Crippen LogP contribution in [0.3, 0.4) is 0 Å². The Balaban J connectivity index is 3.11. The third-order valence-electron chi connectivity index (χ3n) is 2.11. The summed E-state index contributed by atoms with van der Waals surface area (Å²) in [5.74, 6) is 0. The number of halogens is 2. The van der Waals surface area contributed by atoms with Crippen molar-refractivity contribution in [1.29, 1.82) is 0 Å². The lowest BCUT2D eigenvalue weighted by Crippen LogP contribution is -1.84. The molecule has 2 heteroatoms. The van der Waals surface area contributed by atoms with Gasteiger partial charge in [0.2, 0.25) is 0 Å². The summed E-state index contributed by atoms with van der Waals surface area (Å²) in [7, 11) is 0. The van der Waals surface area contributed by atoms with Crippen molar-refractivity contribution < 1.29 is 0 Å². The highest BCUT2D eigenvalue weighted by Gasteiger charge is 2.04. The SMILES string of the molecule is CCC=C(CC)c1ccc(Cl)cc1Cl. The summed E-state index contributed by atoms with van der Waals surface area (Å²) in [5, 5.41) is 1.42. The Morgan fingerprint density at radius 2 is 2.00 bits per heavy atom. The van der Waals surface area contributed by atoms with Gasteiger partial charge in [0.1, 0.15) is 0 Å². The van der Waals surface area contributed by atoms with Gasteiger partial charge in [0.25, 0.3) is 0 Å². The van der Waals surface area contributed by atoms with Gasteiger partial charge in [0.05, 0.1) is 0 Å². The van der Waals surface area contributed by atoms with E-state index in [1.165, 1.54) is 5.57 Å². The van der Waals surface area contributed by atoms with E-state index in [1.807, 2.05) is 12.1 Å². The summed E-state index contributed by atoms with van der Waals surface area (Å²) in [4.78, 5) is 0. The van der Waals surface area contributed by atoms with Gasteiger partial charge >= 0.3 is 0 Å². The zero-order chi connectivity index (χ0) is 10.6. The highest BCUT2D eigenvalue weighted by Crippen LogP contribution is 2.28. The van der Waals surface area contributed by atoms with Crippen LogP contribution >= 0.6 is 23.2 Å². The van der Waals surface area contributed by atoms with Gasteiger partial charge in [-0.25, -0.2) is 0 Å². The van der Waals surface area contributed by atoms with Crippen molar-refractivity contribution in [3.05, 3.63) is 39.9 Å². The molecule has 0 aromatic heterocycles.